The highest BCUT2D eigenvalue weighted by Crippen LogP contribution is 2.33. The van der Waals surface area contributed by atoms with Gasteiger partial charge in [-0.25, -0.2) is 0 Å². The van der Waals surface area contributed by atoms with Crippen LogP contribution in [0, 0.1) is 5.92 Å². The van der Waals surface area contributed by atoms with Crippen LogP contribution >= 0.6 is 0 Å². The summed E-state index contributed by atoms with van der Waals surface area (Å²) in [6.45, 7) is 2.43. The summed E-state index contributed by atoms with van der Waals surface area (Å²) in [4.78, 5) is 0. The van der Waals surface area contributed by atoms with E-state index in [9.17, 15) is 18.3 Å². The van der Waals surface area contributed by atoms with Gasteiger partial charge in [-0.2, -0.15) is 13.2 Å². The third-order valence-corrected chi connectivity index (χ3v) is 3.67. The van der Waals surface area contributed by atoms with Crippen LogP contribution in [0.4, 0.5) is 13.2 Å². The molecule has 112 valence electrons. The second-order valence-electron chi connectivity index (χ2n) is 5.62. The highest BCUT2D eigenvalue weighted by atomic mass is 19.4. The first-order valence-corrected chi connectivity index (χ1v) is 6.95. The van der Waals surface area contributed by atoms with Crippen molar-refractivity contribution in [1.29, 1.82) is 0 Å². The van der Waals surface area contributed by atoms with Crippen LogP contribution in [0.3, 0.4) is 0 Å². The molecule has 1 aliphatic carbocycles. The molecule has 0 radical (unpaired) electrons. The van der Waals surface area contributed by atoms with Crippen molar-refractivity contribution in [2.45, 2.75) is 44.5 Å². The Balaban J connectivity index is 1.83. The number of benzene rings is 1. The van der Waals surface area contributed by atoms with Crippen molar-refractivity contribution in [2.24, 2.45) is 5.92 Å². The number of halogens is 3. The van der Waals surface area contributed by atoms with Gasteiger partial charge >= 0.3 is 6.18 Å². The van der Waals surface area contributed by atoms with Crippen LogP contribution in [0.5, 0.6) is 0 Å². The summed E-state index contributed by atoms with van der Waals surface area (Å²) in [6.07, 6.45) is -1.44. The lowest BCUT2D eigenvalue weighted by Gasteiger charge is -2.17. The fourth-order valence-electron chi connectivity index (χ4n) is 2.26. The maximum Gasteiger partial charge on any atom is 0.416 e. The van der Waals surface area contributed by atoms with Gasteiger partial charge in [-0.3, -0.25) is 0 Å². The molecule has 0 aromatic heterocycles. The molecule has 0 spiro atoms. The van der Waals surface area contributed by atoms with E-state index in [0.717, 1.165) is 24.5 Å². The summed E-state index contributed by atoms with van der Waals surface area (Å²) >= 11 is 0. The Morgan fingerprint density at radius 2 is 1.85 bits per heavy atom. The highest BCUT2D eigenvalue weighted by molar-refractivity contribution is 5.26. The first kappa shape index (κ1) is 15.3. The Kier molecular flexibility index (Phi) is 4.70. The number of aliphatic hydroxyl groups excluding tert-OH is 1. The van der Waals surface area contributed by atoms with Gasteiger partial charge in [0.25, 0.3) is 0 Å². The molecule has 0 bridgehead atoms. The number of hydrogen-bond donors (Lipinski definition) is 2. The zero-order valence-corrected chi connectivity index (χ0v) is 11.5. The lowest BCUT2D eigenvalue weighted by atomic mass is 10.1. The van der Waals surface area contributed by atoms with Gasteiger partial charge in [-0.05, 0) is 37.0 Å². The van der Waals surface area contributed by atoms with Gasteiger partial charge in [0.2, 0.25) is 0 Å². The third kappa shape index (κ3) is 4.49. The van der Waals surface area contributed by atoms with E-state index in [-0.39, 0.29) is 0 Å². The number of alkyl halides is 3. The number of hydrogen-bond acceptors (Lipinski definition) is 2. The van der Waals surface area contributed by atoms with Crippen molar-refractivity contribution < 1.29 is 18.3 Å². The summed E-state index contributed by atoms with van der Waals surface area (Å²) in [6, 6.07) is 5.01. The normalized spacial score (nSPS) is 18.9. The Labute approximate surface area is 117 Å². The predicted molar refractivity (Wildman–Crippen MR) is 71.2 cm³/mol. The average Bonchev–Trinajstić information content (AvgIpc) is 3.19. The van der Waals surface area contributed by atoms with E-state index in [1.807, 2.05) is 0 Å². The fraction of sp³-hybridized carbons (Fsp3) is 0.600. The Morgan fingerprint density at radius 3 is 2.35 bits per heavy atom. The number of nitrogens with one attached hydrogen (secondary N) is 1. The molecule has 0 saturated heterocycles. The summed E-state index contributed by atoms with van der Waals surface area (Å²) in [5.74, 6) is 0.806. The zero-order valence-electron chi connectivity index (χ0n) is 11.5. The second-order valence-corrected chi connectivity index (χ2v) is 5.62. The Bertz CT molecular complexity index is 426. The summed E-state index contributed by atoms with van der Waals surface area (Å²) < 4.78 is 37.3. The molecule has 1 aromatic rings. The third-order valence-electron chi connectivity index (χ3n) is 3.67. The number of rotatable bonds is 6. The summed E-state index contributed by atoms with van der Waals surface area (Å²) in [7, 11) is 0. The molecule has 0 heterocycles. The van der Waals surface area contributed by atoms with Gasteiger partial charge in [-0.1, -0.05) is 25.0 Å². The molecule has 0 amide bonds. The van der Waals surface area contributed by atoms with Crippen LogP contribution < -0.4 is 5.32 Å². The zero-order chi connectivity index (χ0) is 14.8. The topological polar surface area (TPSA) is 32.3 Å². The van der Waals surface area contributed by atoms with Gasteiger partial charge < -0.3 is 10.4 Å². The first-order chi connectivity index (χ1) is 9.36. The molecule has 5 heteroatoms. The number of aliphatic hydroxyl groups is 1. The van der Waals surface area contributed by atoms with Crippen molar-refractivity contribution in [2.75, 3.05) is 6.54 Å². The van der Waals surface area contributed by atoms with E-state index in [2.05, 4.69) is 12.2 Å². The highest BCUT2D eigenvalue weighted by Gasteiger charge is 2.30. The second kappa shape index (κ2) is 6.14. The predicted octanol–water partition coefficient (Wildman–Crippen LogP) is 3.52. The molecular weight excluding hydrogens is 267 g/mol. The molecule has 20 heavy (non-hydrogen) atoms. The molecule has 2 nitrogen and oxygen atoms in total. The Morgan fingerprint density at radius 1 is 1.25 bits per heavy atom. The maximum absolute atomic E-state index is 12.4. The maximum atomic E-state index is 12.4. The molecule has 1 aromatic carbocycles. The largest absolute Gasteiger partial charge is 0.416 e. The molecule has 2 rings (SSSR count). The lowest BCUT2D eigenvalue weighted by molar-refractivity contribution is -0.137. The van der Waals surface area contributed by atoms with E-state index < -0.39 is 17.8 Å². The molecule has 0 aliphatic heterocycles. The average molecular weight is 287 g/mol. The molecular formula is C15H20F3NO. The van der Waals surface area contributed by atoms with Gasteiger partial charge in [0, 0.05) is 12.6 Å². The van der Waals surface area contributed by atoms with Crippen molar-refractivity contribution in [3.63, 3.8) is 0 Å². The van der Waals surface area contributed by atoms with Crippen molar-refractivity contribution in [3.05, 3.63) is 35.4 Å². The fourth-order valence-corrected chi connectivity index (χ4v) is 2.26. The van der Waals surface area contributed by atoms with Gasteiger partial charge in [0.05, 0.1) is 11.7 Å². The summed E-state index contributed by atoms with van der Waals surface area (Å²) in [5.41, 5.74) is -0.187. The minimum Gasteiger partial charge on any atom is -0.387 e. The van der Waals surface area contributed by atoms with Crippen LogP contribution in [0.2, 0.25) is 0 Å². The van der Waals surface area contributed by atoms with E-state index in [1.165, 1.54) is 25.0 Å². The summed E-state index contributed by atoms with van der Waals surface area (Å²) in [5, 5.41) is 13.2. The minimum absolute atomic E-state index is 0.326. The SMILES string of the molecule is CC(CC1CC1)NCC(O)c1ccc(C(F)(F)F)cc1. The van der Waals surface area contributed by atoms with Crippen LogP contribution in [0.15, 0.2) is 24.3 Å². The first-order valence-electron chi connectivity index (χ1n) is 6.95. The van der Waals surface area contributed by atoms with Crippen LogP contribution in [-0.4, -0.2) is 17.7 Å². The van der Waals surface area contributed by atoms with E-state index in [4.69, 9.17) is 0 Å². The molecule has 2 unspecified atom stereocenters. The van der Waals surface area contributed by atoms with E-state index >= 15 is 0 Å². The monoisotopic (exact) mass is 287 g/mol. The van der Waals surface area contributed by atoms with Gasteiger partial charge in [0.1, 0.15) is 0 Å². The van der Waals surface area contributed by atoms with Crippen LogP contribution in [0.25, 0.3) is 0 Å². The minimum atomic E-state index is -4.33. The lowest BCUT2D eigenvalue weighted by Crippen LogP contribution is -2.30. The standard InChI is InChI=1S/C15H20F3NO/c1-10(8-11-2-3-11)19-9-14(20)12-4-6-13(7-5-12)15(16,17)18/h4-7,10-11,14,19-20H,2-3,8-9H2,1H3. The Hall–Kier alpha value is -1.07. The molecule has 1 saturated carbocycles. The molecule has 1 fully saturated rings. The van der Waals surface area contributed by atoms with E-state index in [1.54, 1.807) is 0 Å². The molecule has 2 N–H and O–H groups in total. The molecule has 2 atom stereocenters. The van der Waals surface area contributed by atoms with Crippen molar-refractivity contribution in [1.82, 2.24) is 5.32 Å². The van der Waals surface area contributed by atoms with Crippen LogP contribution in [-0.2, 0) is 6.18 Å². The molecule has 1 aliphatic rings. The van der Waals surface area contributed by atoms with Gasteiger partial charge in [0.15, 0.2) is 0 Å². The van der Waals surface area contributed by atoms with Crippen LogP contribution in [0.1, 0.15) is 43.4 Å². The van der Waals surface area contributed by atoms with Crippen molar-refractivity contribution >= 4 is 0 Å². The smallest absolute Gasteiger partial charge is 0.387 e. The van der Waals surface area contributed by atoms with E-state index in [0.29, 0.717) is 18.2 Å². The van der Waals surface area contributed by atoms with Crippen molar-refractivity contribution in [3.8, 4) is 0 Å². The quantitative estimate of drug-likeness (QED) is 0.839. The van der Waals surface area contributed by atoms with Gasteiger partial charge in [-0.15, -0.1) is 0 Å².